The molecule has 0 spiro atoms. The second-order valence-corrected chi connectivity index (χ2v) is 6.19. The molecule has 0 aliphatic heterocycles. The van der Waals surface area contributed by atoms with Gasteiger partial charge in [-0.25, -0.2) is 0 Å². The Bertz CT molecular complexity index is 395. The summed E-state index contributed by atoms with van der Waals surface area (Å²) in [7, 11) is 0. The van der Waals surface area contributed by atoms with Crippen molar-refractivity contribution in [3.05, 3.63) is 24.0 Å². The summed E-state index contributed by atoms with van der Waals surface area (Å²) in [6.45, 7) is 8.77. The van der Waals surface area contributed by atoms with Crippen LogP contribution >= 0.6 is 0 Å². The van der Waals surface area contributed by atoms with E-state index in [1.165, 1.54) is 37.8 Å². The van der Waals surface area contributed by atoms with Crippen LogP contribution in [-0.4, -0.2) is 24.1 Å². The third-order valence-electron chi connectivity index (χ3n) is 4.60. The summed E-state index contributed by atoms with van der Waals surface area (Å²) >= 11 is 0. The Labute approximate surface area is 130 Å². The molecule has 1 aliphatic rings. The first-order valence-corrected chi connectivity index (χ1v) is 8.72. The van der Waals surface area contributed by atoms with Crippen molar-refractivity contribution >= 4 is 5.69 Å². The summed E-state index contributed by atoms with van der Waals surface area (Å²) in [5.74, 6) is 0. The van der Waals surface area contributed by atoms with Gasteiger partial charge < -0.3 is 10.2 Å². The number of aromatic nitrogens is 1. The lowest BCUT2D eigenvalue weighted by Crippen LogP contribution is -2.36. The third kappa shape index (κ3) is 4.44. The largest absolute Gasteiger partial charge is 0.368 e. The molecule has 3 nitrogen and oxygen atoms in total. The highest BCUT2D eigenvalue weighted by molar-refractivity contribution is 5.46. The summed E-state index contributed by atoms with van der Waals surface area (Å²) in [6.07, 6.45) is 10.1. The van der Waals surface area contributed by atoms with Gasteiger partial charge in [-0.3, -0.25) is 4.98 Å². The van der Waals surface area contributed by atoms with E-state index in [4.69, 9.17) is 4.98 Å². The summed E-state index contributed by atoms with van der Waals surface area (Å²) < 4.78 is 0. The van der Waals surface area contributed by atoms with Crippen LogP contribution in [0.5, 0.6) is 0 Å². The highest BCUT2D eigenvalue weighted by Gasteiger charge is 2.20. The van der Waals surface area contributed by atoms with Crippen molar-refractivity contribution in [1.29, 1.82) is 0 Å². The normalized spacial score (nSPS) is 17.7. The van der Waals surface area contributed by atoms with E-state index in [2.05, 4.69) is 49.3 Å². The van der Waals surface area contributed by atoms with E-state index < -0.39 is 0 Å². The van der Waals surface area contributed by atoms with Gasteiger partial charge in [-0.2, -0.15) is 0 Å². The van der Waals surface area contributed by atoms with Crippen molar-refractivity contribution in [1.82, 2.24) is 10.3 Å². The average molecular weight is 289 g/mol. The number of hydrogen-bond donors (Lipinski definition) is 1. The second-order valence-electron chi connectivity index (χ2n) is 6.19. The number of nitrogens with one attached hydrogen (secondary N) is 1. The van der Waals surface area contributed by atoms with Gasteiger partial charge in [0, 0.05) is 18.6 Å². The molecule has 0 bridgehead atoms. The van der Waals surface area contributed by atoms with Gasteiger partial charge in [0.1, 0.15) is 0 Å². The minimum Gasteiger partial charge on any atom is -0.368 e. The molecule has 1 aliphatic carbocycles. The first kappa shape index (κ1) is 16.3. The maximum atomic E-state index is 4.69. The zero-order valence-corrected chi connectivity index (χ0v) is 13.9. The average Bonchev–Trinajstić information content (AvgIpc) is 2.55. The van der Waals surface area contributed by atoms with Crippen LogP contribution in [0, 0.1) is 0 Å². The fraction of sp³-hybridized carbons (Fsp3) is 0.722. The van der Waals surface area contributed by atoms with E-state index in [0.717, 1.165) is 25.2 Å². The molecule has 0 radical (unpaired) electrons. The van der Waals surface area contributed by atoms with Gasteiger partial charge in [0.05, 0.1) is 17.6 Å². The molecular weight excluding hydrogens is 258 g/mol. The van der Waals surface area contributed by atoms with Crippen LogP contribution < -0.4 is 10.2 Å². The predicted molar refractivity (Wildman–Crippen MR) is 90.8 cm³/mol. The lowest BCUT2D eigenvalue weighted by atomic mass is 9.94. The van der Waals surface area contributed by atoms with E-state index in [1.807, 2.05) is 0 Å². The molecular formula is C18H31N3. The topological polar surface area (TPSA) is 28.2 Å². The van der Waals surface area contributed by atoms with Crippen molar-refractivity contribution < 1.29 is 0 Å². The van der Waals surface area contributed by atoms with Gasteiger partial charge in [-0.1, -0.05) is 26.2 Å². The van der Waals surface area contributed by atoms with E-state index in [9.17, 15) is 0 Å². The summed E-state index contributed by atoms with van der Waals surface area (Å²) in [6, 6.07) is 5.49. The first-order valence-electron chi connectivity index (χ1n) is 8.72. The molecule has 1 aromatic heterocycles. The Kier molecular flexibility index (Phi) is 6.50. The van der Waals surface area contributed by atoms with Gasteiger partial charge >= 0.3 is 0 Å². The molecule has 0 aromatic carbocycles. The Morgan fingerprint density at radius 2 is 2.00 bits per heavy atom. The van der Waals surface area contributed by atoms with Crippen molar-refractivity contribution in [3.8, 4) is 0 Å². The lowest BCUT2D eigenvalue weighted by Gasteiger charge is -2.35. The summed E-state index contributed by atoms with van der Waals surface area (Å²) in [5, 5.41) is 3.50. The fourth-order valence-corrected chi connectivity index (χ4v) is 3.33. The minimum absolute atomic E-state index is 0.337. The quantitative estimate of drug-likeness (QED) is 0.811. The van der Waals surface area contributed by atoms with E-state index >= 15 is 0 Å². The molecule has 1 aromatic rings. The predicted octanol–water partition coefficient (Wildman–Crippen LogP) is 4.30. The highest BCUT2D eigenvalue weighted by atomic mass is 15.2. The van der Waals surface area contributed by atoms with E-state index in [-0.39, 0.29) is 0 Å². The van der Waals surface area contributed by atoms with Crippen LogP contribution in [0.15, 0.2) is 18.3 Å². The van der Waals surface area contributed by atoms with Crippen molar-refractivity contribution in [2.24, 2.45) is 0 Å². The van der Waals surface area contributed by atoms with Crippen molar-refractivity contribution in [3.63, 3.8) is 0 Å². The number of anilines is 1. The summed E-state index contributed by atoms with van der Waals surface area (Å²) in [5.41, 5.74) is 2.43. The van der Waals surface area contributed by atoms with E-state index in [0.29, 0.717) is 12.1 Å². The van der Waals surface area contributed by atoms with Crippen LogP contribution in [0.3, 0.4) is 0 Å². The molecule has 0 saturated heterocycles. The van der Waals surface area contributed by atoms with Gasteiger partial charge in [-0.05, 0) is 51.8 Å². The van der Waals surface area contributed by atoms with Crippen LogP contribution in [0.4, 0.5) is 5.69 Å². The number of hydrogen-bond acceptors (Lipinski definition) is 3. The Morgan fingerprint density at radius 3 is 2.57 bits per heavy atom. The molecule has 1 heterocycles. The zero-order chi connectivity index (χ0) is 15.1. The minimum atomic E-state index is 0.337. The Hall–Kier alpha value is -1.09. The smallest absolute Gasteiger partial charge is 0.0572 e. The van der Waals surface area contributed by atoms with Gasteiger partial charge in [0.25, 0.3) is 0 Å². The first-order chi connectivity index (χ1) is 10.3. The van der Waals surface area contributed by atoms with Crippen molar-refractivity contribution in [2.45, 2.75) is 71.4 Å². The van der Waals surface area contributed by atoms with Crippen LogP contribution in [0.25, 0.3) is 0 Å². The lowest BCUT2D eigenvalue weighted by molar-refractivity contribution is 0.418. The SMILES string of the molecule is CCCNC(C)c1ccc(N(CC)C2CCCCC2)cn1. The molecule has 118 valence electrons. The number of rotatable bonds is 7. The van der Waals surface area contributed by atoms with Gasteiger partial charge in [0.2, 0.25) is 0 Å². The fourth-order valence-electron chi connectivity index (χ4n) is 3.33. The third-order valence-corrected chi connectivity index (χ3v) is 4.60. The maximum absolute atomic E-state index is 4.69. The van der Waals surface area contributed by atoms with Gasteiger partial charge in [-0.15, -0.1) is 0 Å². The molecule has 0 amide bonds. The molecule has 1 fully saturated rings. The molecule has 1 saturated carbocycles. The van der Waals surface area contributed by atoms with Crippen LogP contribution in [-0.2, 0) is 0 Å². The van der Waals surface area contributed by atoms with Crippen molar-refractivity contribution in [2.75, 3.05) is 18.0 Å². The van der Waals surface area contributed by atoms with Crippen LogP contribution in [0.2, 0.25) is 0 Å². The Morgan fingerprint density at radius 1 is 1.24 bits per heavy atom. The highest BCUT2D eigenvalue weighted by Crippen LogP contribution is 2.27. The molecule has 1 unspecified atom stereocenters. The molecule has 21 heavy (non-hydrogen) atoms. The zero-order valence-electron chi connectivity index (χ0n) is 13.9. The number of pyridine rings is 1. The number of nitrogens with zero attached hydrogens (tertiary/aromatic N) is 2. The second kappa shape index (κ2) is 8.38. The standard InChI is InChI=1S/C18H31N3/c1-4-13-19-15(3)18-12-11-17(14-20-18)21(5-2)16-9-7-6-8-10-16/h11-12,14-16,19H,4-10,13H2,1-3H3. The maximum Gasteiger partial charge on any atom is 0.0572 e. The van der Waals surface area contributed by atoms with Crippen LogP contribution in [0.1, 0.15) is 71.0 Å². The molecule has 2 rings (SSSR count). The molecule has 3 heteroatoms. The monoisotopic (exact) mass is 289 g/mol. The molecule has 1 N–H and O–H groups in total. The van der Waals surface area contributed by atoms with E-state index in [1.54, 1.807) is 0 Å². The summed E-state index contributed by atoms with van der Waals surface area (Å²) in [4.78, 5) is 7.23. The Balaban J connectivity index is 2.02. The molecule has 1 atom stereocenters. The van der Waals surface area contributed by atoms with Gasteiger partial charge in [0.15, 0.2) is 0 Å².